The predicted molar refractivity (Wildman–Crippen MR) is 60.2 cm³/mol. The molecular formula is C8H17N5O4. The second-order valence-electron chi connectivity index (χ2n) is 2.84. The standard InChI is InChI=1S/C8H17N5O4/c1-5(12-6(9)16-2)13-7(14)10-4-11-8(15)17-3/h5H,4H2,1-3H3,(H2,9,12)(H,11,15)(H2,10,13,14). The smallest absolute Gasteiger partial charge is 0.408 e. The van der Waals surface area contributed by atoms with Gasteiger partial charge in [-0.1, -0.05) is 0 Å². The van der Waals surface area contributed by atoms with E-state index in [2.05, 4.69) is 30.4 Å². The molecule has 0 aromatic heterocycles. The van der Waals surface area contributed by atoms with Crippen molar-refractivity contribution in [3.05, 3.63) is 0 Å². The van der Waals surface area contributed by atoms with Crippen LogP contribution in [0.2, 0.25) is 0 Å². The quantitative estimate of drug-likeness (QED) is 0.285. The molecule has 9 nitrogen and oxygen atoms in total. The molecule has 3 amide bonds. The van der Waals surface area contributed by atoms with Gasteiger partial charge in [0.25, 0.3) is 6.02 Å². The van der Waals surface area contributed by atoms with Crippen molar-refractivity contribution in [2.45, 2.75) is 13.1 Å². The highest BCUT2D eigenvalue weighted by Gasteiger charge is 2.06. The third-order valence-corrected chi connectivity index (χ3v) is 1.54. The van der Waals surface area contributed by atoms with Crippen LogP contribution in [0.4, 0.5) is 9.59 Å². The number of nitrogens with zero attached hydrogens (tertiary/aromatic N) is 1. The van der Waals surface area contributed by atoms with E-state index in [-0.39, 0.29) is 12.7 Å². The third-order valence-electron chi connectivity index (χ3n) is 1.54. The summed E-state index contributed by atoms with van der Waals surface area (Å²) in [6.07, 6.45) is -1.19. The lowest BCUT2D eigenvalue weighted by atomic mass is 10.6. The molecule has 0 aliphatic carbocycles. The number of nitrogens with one attached hydrogen (secondary N) is 3. The van der Waals surface area contributed by atoms with E-state index in [4.69, 9.17) is 5.73 Å². The summed E-state index contributed by atoms with van der Waals surface area (Å²) in [5.74, 6) is 0. The number of amides is 3. The number of amidine groups is 1. The highest BCUT2D eigenvalue weighted by Crippen LogP contribution is 1.84. The maximum absolute atomic E-state index is 11.2. The number of urea groups is 1. The Hall–Kier alpha value is -2.19. The first-order chi connectivity index (χ1) is 7.99. The molecule has 9 heteroatoms. The number of nitrogens with two attached hydrogens (primary N) is 1. The predicted octanol–water partition coefficient (Wildman–Crippen LogP) is -1.09. The van der Waals surface area contributed by atoms with Crippen LogP contribution in [0.1, 0.15) is 6.92 Å². The van der Waals surface area contributed by atoms with Gasteiger partial charge in [0, 0.05) is 0 Å². The average Bonchev–Trinajstić information content (AvgIpc) is 2.28. The zero-order valence-corrected chi connectivity index (χ0v) is 9.94. The lowest BCUT2D eigenvalue weighted by molar-refractivity contribution is 0.170. The zero-order chi connectivity index (χ0) is 13.3. The molecule has 0 aromatic carbocycles. The molecule has 0 aliphatic rings. The van der Waals surface area contributed by atoms with E-state index in [1.165, 1.54) is 14.2 Å². The molecule has 0 saturated heterocycles. The van der Waals surface area contributed by atoms with Gasteiger partial charge in [-0.25, -0.2) is 14.6 Å². The molecule has 0 bridgehead atoms. The molecule has 0 rings (SSSR count). The van der Waals surface area contributed by atoms with Crippen LogP contribution in [-0.2, 0) is 9.47 Å². The van der Waals surface area contributed by atoms with Crippen LogP contribution in [0.15, 0.2) is 4.99 Å². The molecule has 0 fully saturated rings. The number of alkyl carbamates (subject to hydrolysis) is 1. The van der Waals surface area contributed by atoms with Gasteiger partial charge < -0.3 is 31.2 Å². The summed E-state index contributed by atoms with van der Waals surface area (Å²) in [4.78, 5) is 25.7. The summed E-state index contributed by atoms with van der Waals surface area (Å²) < 4.78 is 8.92. The molecule has 1 atom stereocenters. The first-order valence-corrected chi connectivity index (χ1v) is 4.73. The highest BCUT2D eigenvalue weighted by atomic mass is 16.5. The maximum atomic E-state index is 11.2. The summed E-state index contributed by atoms with van der Waals surface area (Å²) in [6, 6.07) is -0.549. The molecule has 17 heavy (non-hydrogen) atoms. The van der Waals surface area contributed by atoms with Crippen molar-refractivity contribution < 1.29 is 19.1 Å². The van der Waals surface area contributed by atoms with E-state index in [0.717, 1.165) is 0 Å². The van der Waals surface area contributed by atoms with Crippen LogP contribution in [-0.4, -0.2) is 45.2 Å². The van der Waals surface area contributed by atoms with E-state index in [1.807, 2.05) is 0 Å². The number of hydrogen-bond donors (Lipinski definition) is 4. The van der Waals surface area contributed by atoms with E-state index in [9.17, 15) is 9.59 Å². The number of ether oxygens (including phenoxy) is 2. The van der Waals surface area contributed by atoms with Gasteiger partial charge >= 0.3 is 12.1 Å². The summed E-state index contributed by atoms with van der Waals surface area (Å²) in [6.45, 7) is 1.55. The molecular weight excluding hydrogens is 230 g/mol. The largest absolute Gasteiger partial charge is 0.469 e. The van der Waals surface area contributed by atoms with Crippen LogP contribution >= 0.6 is 0 Å². The Kier molecular flexibility index (Phi) is 6.99. The first kappa shape index (κ1) is 14.8. The summed E-state index contributed by atoms with van der Waals surface area (Å²) >= 11 is 0. The van der Waals surface area contributed by atoms with E-state index >= 15 is 0 Å². The van der Waals surface area contributed by atoms with Crippen LogP contribution in [0, 0.1) is 0 Å². The van der Waals surface area contributed by atoms with Crippen LogP contribution in [0.3, 0.4) is 0 Å². The van der Waals surface area contributed by atoms with Crippen molar-refractivity contribution in [2.24, 2.45) is 10.7 Å². The van der Waals surface area contributed by atoms with Gasteiger partial charge in [-0.15, -0.1) is 0 Å². The Balaban J connectivity index is 3.82. The number of methoxy groups -OCH3 is 2. The van der Waals surface area contributed by atoms with Crippen molar-refractivity contribution in [3.8, 4) is 0 Å². The van der Waals surface area contributed by atoms with Gasteiger partial charge in [0.1, 0.15) is 6.17 Å². The summed E-state index contributed by atoms with van der Waals surface area (Å²) in [5, 5.41) is 7.07. The van der Waals surface area contributed by atoms with Crippen LogP contribution < -0.4 is 21.7 Å². The molecule has 0 saturated carbocycles. The van der Waals surface area contributed by atoms with Gasteiger partial charge in [-0.3, -0.25) is 0 Å². The fraction of sp³-hybridized carbons (Fsp3) is 0.625. The molecule has 0 spiro atoms. The molecule has 1 unspecified atom stereocenters. The van der Waals surface area contributed by atoms with Crippen molar-refractivity contribution in [1.29, 1.82) is 0 Å². The maximum Gasteiger partial charge on any atom is 0.408 e. The fourth-order valence-corrected chi connectivity index (χ4v) is 0.785. The van der Waals surface area contributed by atoms with Gasteiger partial charge in [-0.2, -0.15) is 0 Å². The topological polar surface area (TPSA) is 127 Å². The van der Waals surface area contributed by atoms with Gasteiger partial charge in [0.2, 0.25) is 0 Å². The SMILES string of the molecule is COC(=O)NCNC(=O)NC(C)N=C(N)OC. The Morgan fingerprint density at radius 3 is 2.47 bits per heavy atom. The minimum atomic E-state index is -0.639. The summed E-state index contributed by atoms with van der Waals surface area (Å²) in [5.41, 5.74) is 5.29. The minimum Gasteiger partial charge on any atom is -0.469 e. The molecule has 0 heterocycles. The number of rotatable bonds is 4. The minimum absolute atomic E-state index is 0.0366. The Labute approximate surface area is 98.7 Å². The number of carbonyl (C=O) groups excluding carboxylic acids is 2. The van der Waals surface area contributed by atoms with Crippen molar-refractivity contribution >= 4 is 18.1 Å². The van der Waals surface area contributed by atoms with Crippen molar-refractivity contribution in [3.63, 3.8) is 0 Å². The van der Waals surface area contributed by atoms with Gasteiger partial charge in [0.15, 0.2) is 0 Å². The lowest BCUT2D eigenvalue weighted by Gasteiger charge is -2.11. The molecule has 0 radical (unpaired) electrons. The fourth-order valence-electron chi connectivity index (χ4n) is 0.785. The van der Waals surface area contributed by atoms with E-state index in [1.54, 1.807) is 6.92 Å². The Morgan fingerprint density at radius 2 is 1.94 bits per heavy atom. The van der Waals surface area contributed by atoms with Gasteiger partial charge in [-0.05, 0) is 6.92 Å². The second kappa shape index (κ2) is 8.02. The third kappa shape index (κ3) is 7.71. The van der Waals surface area contributed by atoms with E-state index < -0.39 is 18.3 Å². The Bertz CT molecular complexity index is 294. The van der Waals surface area contributed by atoms with Crippen molar-refractivity contribution in [1.82, 2.24) is 16.0 Å². The van der Waals surface area contributed by atoms with Crippen molar-refractivity contribution in [2.75, 3.05) is 20.9 Å². The average molecular weight is 247 g/mol. The zero-order valence-electron chi connectivity index (χ0n) is 9.94. The van der Waals surface area contributed by atoms with Crippen LogP contribution in [0.25, 0.3) is 0 Å². The number of aliphatic imine (C=N–C) groups is 1. The Morgan fingerprint density at radius 1 is 1.29 bits per heavy atom. The molecule has 98 valence electrons. The molecule has 5 N–H and O–H groups in total. The first-order valence-electron chi connectivity index (χ1n) is 4.73. The molecule has 0 aromatic rings. The van der Waals surface area contributed by atoms with Crippen LogP contribution in [0.5, 0.6) is 0 Å². The van der Waals surface area contributed by atoms with E-state index in [0.29, 0.717) is 0 Å². The number of hydrogen-bond acceptors (Lipinski definition) is 5. The monoisotopic (exact) mass is 247 g/mol. The van der Waals surface area contributed by atoms with Gasteiger partial charge in [0.05, 0.1) is 20.9 Å². The summed E-state index contributed by atoms with van der Waals surface area (Å²) in [7, 11) is 2.59. The lowest BCUT2D eigenvalue weighted by Crippen LogP contribution is -2.45. The number of carbonyl (C=O) groups is 2. The second-order valence-corrected chi connectivity index (χ2v) is 2.84. The normalized spacial score (nSPS) is 12.3. The highest BCUT2D eigenvalue weighted by molar-refractivity contribution is 5.76. The molecule has 0 aliphatic heterocycles.